The van der Waals surface area contributed by atoms with E-state index in [2.05, 4.69) is 11.8 Å². The van der Waals surface area contributed by atoms with Crippen molar-refractivity contribution in [1.29, 1.82) is 5.26 Å². The Morgan fingerprint density at radius 1 is 1.60 bits per heavy atom. The van der Waals surface area contributed by atoms with Crippen LogP contribution in [0.15, 0.2) is 18.2 Å². The molecule has 1 aliphatic heterocycles. The minimum absolute atomic E-state index is 0.0968. The molecular weight excluding hydrogens is 256 g/mol. The SMILES string of the molecule is CCC1CN(c2ccc(C#N)c([N+](=O)[O-])c2)CCC1N. The standard InChI is InChI=1S/C14H18N4O2/c1-2-10-9-17(6-5-13(10)16)12-4-3-11(8-15)14(7-12)18(19)20/h3-4,7,10,13H,2,5-6,9,16H2,1H3. The molecule has 1 aliphatic rings. The molecule has 1 aromatic carbocycles. The highest BCUT2D eigenvalue weighted by Gasteiger charge is 2.26. The van der Waals surface area contributed by atoms with Gasteiger partial charge in [0.25, 0.3) is 5.69 Å². The van der Waals surface area contributed by atoms with Gasteiger partial charge in [-0.05, 0) is 24.5 Å². The quantitative estimate of drug-likeness (QED) is 0.672. The first kappa shape index (κ1) is 14.3. The number of rotatable bonds is 3. The molecule has 0 aromatic heterocycles. The molecule has 6 heteroatoms. The second-order valence-corrected chi connectivity index (χ2v) is 5.14. The van der Waals surface area contributed by atoms with Gasteiger partial charge in [-0.2, -0.15) is 5.26 Å². The smallest absolute Gasteiger partial charge is 0.289 e. The number of nitrogens with two attached hydrogens (primary N) is 1. The average molecular weight is 274 g/mol. The molecule has 1 fully saturated rings. The minimum Gasteiger partial charge on any atom is -0.371 e. The van der Waals surface area contributed by atoms with Gasteiger partial charge < -0.3 is 10.6 Å². The van der Waals surface area contributed by atoms with Gasteiger partial charge in [0, 0.05) is 30.9 Å². The maximum Gasteiger partial charge on any atom is 0.289 e. The van der Waals surface area contributed by atoms with E-state index in [0.29, 0.717) is 5.92 Å². The molecule has 2 atom stereocenters. The highest BCUT2D eigenvalue weighted by atomic mass is 16.6. The lowest BCUT2D eigenvalue weighted by atomic mass is 9.90. The van der Waals surface area contributed by atoms with Crippen LogP contribution in [0.5, 0.6) is 0 Å². The molecule has 0 bridgehead atoms. The van der Waals surface area contributed by atoms with Crippen LogP contribution < -0.4 is 10.6 Å². The zero-order valence-corrected chi connectivity index (χ0v) is 11.5. The van der Waals surface area contributed by atoms with Crippen LogP contribution in [-0.4, -0.2) is 24.1 Å². The Balaban J connectivity index is 2.28. The number of nitrogens with zero attached hydrogens (tertiary/aromatic N) is 3. The van der Waals surface area contributed by atoms with Gasteiger partial charge in [-0.15, -0.1) is 0 Å². The van der Waals surface area contributed by atoms with Crippen molar-refractivity contribution in [2.24, 2.45) is 11.7 Å². The molecule has 0 radical (unpaired) electrons. The summed E-state index contributed by atoms with van der Waals surface area (Å²) in [5.74, 6) is 0.401. The van der Waals surface area contributed by atoms with Crippen molar-refractivity contribution in [3.63, 3.8) is 0 Å². The van der Waals surface area contributed by atoms with E-state index in [-0.39, 0.29) is 17.3 Å². The molecule has 1 saturated heterocycles. The van der Waals surface area contributed by atoms with E-state index >= 15 is 0 Å². The third kappa shape index (κ3) is 2.73. The lowest BCUT2D eigenvalue weighted by Crippen LogP contribution is -2.46. The maximum atomic E-state index is 11.0. The number of nitro groups is 1. The predicted octanol–water partition coefficient (Wildman–Crippen LogP) is 2.03. The van der Waals surface area contributed by atoms with Crippen molar-refractivity contribution in [3.05, 3.63) is 33.9 Å². The number of hydrogen-bond acceptors (Lipinski definition) is 5. The zero-order valence-electron chi connectivity index (χ0n) is 11.5. The first-order valence-corrected chi connectivity index (χ1v) is 6.75. The van der Waals surface area contributed by atoms with Crippen LogP contribution in [0, 0.1) is 27.4 Å². The summed E-state index contributed by atoms with van der Waals surface area (Å²) in [6, 6.07) is 6.83. The number of benzene rings is 1. The van der Waals surface area contributed by atoms with E-state index in [1.54, 1.807) is 6.07 Å². The second kappa shape index (κ2) is 5.88. The molecule has 0 amide bonds. The van der Waals surface area contributed by atoms with Crippen LogP contribution in [0.25, 0.3) is 0 Å². The van der Waals surface area contributed by atoms with Crippen molar-refractivity contribution in [2.45, 2.75) is 25.8 Å². The normalized spacial score (nSPS) is 22.4. The molecule has 0 spiro atoms. The van der Waals surface area contributed by atoms with E-state index in [4.69, 9.17) is 11.0 Å². The highest BCUT2D eigenvalue weighted by molar-refractivity contribution is 5.60. The Morgan fingerprint density at radius 3 is 2.95 bits per heavy atom. The Bertz CT molecular complexity index is 553. The summed E-state index contributed by atoms with van der Waals surface area (Å²) in [5.41, 5.74) is 6.83. The fourth-order valence-corrected chi connectivity index (χ4v) is 2.68. The molecule has 2 unspecified atom stereocenters. The predicted molar refractivity (Wildman–Crippen MR) is 76.4 cm³/mol. The Kier molecular flexibility index (Phi) is 4.20. The molecule has 2 rings (SSSR count). The maximum absolute atomic E-state index is 11.0. The van der Waals surface area contributed by atoms with Gasteiger partial charge in [0.05, 0.1) is 4.92 Å². The van der Waals surface area contributed by atoms with E-state index in [1.165, 1.54) is 12.1 Å². The number of piperidine rings is 1. The number of nitro benzene ring substituents is 1. The topological polar surface area (TPSA) is 96.2 Å². The fourth-order valence-electron chi connectivity index (χ4n) is 2.68. The number of nitriles is 1. The van der Waals surface area contributed by atoms with Crippen molar-refractivity contribution in [1.82, 2.24) is 0 Å². The first-order chi connectivity index (χ1) is 9.56. The van der Waals surface area contributed by atoms with Crippen molar-refractivity contribution in [3.8, 4) is 6.07 Å². The van der Waals surface area contributed by atoms with Crippen molar-refractivity contribution in [2.75, 3.05) is 18.0 Å². The van der Waals surface area contributed by atoms with Gasteiger partial charge in [-0.1, -0.05) is 13.3 Å². The van der Waals surface area contributed by atoms with Gasteiger partial charge in [-0.25, -0.2) is 0 Å². The molecule has 20 heavy (non-hydrogen) atoms. The van der Waals surface area contributed by atoms with Crippen LogP contribution >= 0.6 is 0 Å². The van der Waals surface area contributed by atoms with Crippen LogP contribution in [0.2, 0.25) is 0 Å². The third-order valence-corrected chi connectivity index (χ3v) is 3.98. The molecule has 1 aromatic rings. The number of hydrogen-bond donors (Lipinski definition) is 1. The summed E-state index contributed by atoms with van der Waals surface area (Å²) in [6.07, 6.45) is 1.88. The van der Waals surface area contributed by atoms with E-state index in [0.717, 1.165) is 31.6 Å². The highest BCUT2D eigenvalue weighted by Crippen LogP contribution is 2.29. The molecule has 1 heterocycles. The summed E-state index contributed by atoms with van der Waals surface area (Å²) in [7, 11) is 0. The van der Waals surface area contributed by atoms with Crippen LogP contribution in [-0.2, 0) is 0 Å². The van der Waals surface area contributed by atoms with Gasteiger partial charge in [0.1, 0.15) is 11.6 Å². The summed E-state index contributed by atoms with van der Waals surface area (Å²) < 4.78 is 0. The summed E-state index contributed by atoms with van der Waals surface area (Å²) in [6.45, 7) is 3.71. The lowest BCUT2D eigenvalue weighted by molar-refractivity contribution is -0.385. The molecular formula is C14H18N4O2. The third-order valence-electron chi connectivity index (χ3n) is 3.98. The fraction of sp³-hybridized carbons (Fsp3) is 0.500. The Labute approximate surface area is 117 Å². The second-order valence-electron chi connectivity index (χ2n) is 5.14. The van der Waals surface area contributed by atoms with Crippen LogP contribution in [0.4, 0.5) is 11.4 Å². The lowest BCUT2D eigenvalue weighted by Gasteiger charge is -2.37. The van der Waals surface area contributed by atoms with Gasteiger partial charge >= 0.3 is 0 Å². The Hall–Kier alpha value is -2.13. The van der Waals surface area contributed by atoms with E-state index < -0.39 is 4.92 Å². The van der Waals surface area contributed by atoms with Crippen LogP contribution in [0.1, 0.15) is 25.3 Å². The first-order valence-electron chi connectivity index (χ1n) is 6.75. The summed E-state index contributed by atoms with van der Waals surface area (Å²) >= 11 is 0. The molecule has 2 N–H and O–H groups in total. The van der Waals surface area contributed by atoms with Crippen LogP contribution in [0.3, 0.4) is 0 Å². The number of anilines is 1. The monoisotopic (exact) mass is 274 g/mol. The van der Waals surface area contributed by atoms with E-state index in [9.17, 15) is 10.1 Å². The largest absolute Gasteiger partial charge is 0.371 e. The summed E-state index contributed by atoms with van der Waals surface area (Å²) in [5, 5.41) is 19.9. The van der Waals surface area contributed by atoms with Gasteiger partial charge in [0.15, 0.2) is 0 Å². The van der Waals surface area contributed by atoms with Crippen molar-refractivity contribution < 1.29 is 4.92 Å². The zero-order chi connectivity index (χ0) is 14.7. The van der Waals surface area contributed by atoms with E-state index in [1.807, 2.05) is 6.07 Å². The molecule has 6 nitrogen and oxygen atoms in total. The molecule has 0 saturated carbocycles. The minimum atomic E-state index is -0.505. The average Bonchev–Trinajstić information content (AvgIpc) is 2.47. The molecule has 106 valence electrons. The summed E-state index contributed by atoms with van der Waals surface area (Å²) in [4.78, 5) is 12.6. The van der Waals surface area contributed by atoms with Gasteiger partial charge in [0.2, 0.25) is 0 Å². The molecule has 0 aliphatic carbocycles. The van der Waals surface area contributed by atoms with Gasteiger partial charge in [-0.3, -0.25) is 10.1 Å². The Morgan fingerprint density at radius 2 is 2.35 bits per heavy atom. The van der Waals surface area contributed by atoms with Crippen molar-refractivity contribution >= 4 is 11.4 Å².